The molecule has 0 aromatic heterocycles. The Labute approximate surface area is 144 Å². The second-order valence-corrected chi connectivity index (χ2v) is 5.91. The van der Waals surface area contributed by atoms with E-state index in [2.05, 4.69) is 10.1 Å². The largest absolute Gasteiger partial charge is 0.573 e. The molecular weight excluding hydrogens is 337 g/mol. The van der Waals surface area contributed by atoms with E-state index in [0.717, 1.165) is 44.5 Å². The number of nitrogens with zero attached hydrogens (tertiary/aromatic N) is 1. The summed E-state index contributed by atoms with van der Waals surface area (Å²) in [6, 6.07) is 5.13. The lowest BCUT2D eigenvalue weighted by Gasteiger charge is -2.26. The Bertz CT molecular complexity index is 582. The van der Waals surface area contributed by atoms with Crippen LogP contribution in [-0.2, 0) is 16.0 Å². The number of amides is 2. The number of ether oxygens (including phenoxy) is 1. The maximum atomic E-state index is 12.1. The molecule has 0 bridgehead atoms. The molecule has 2 amide bonds. The summed E-state index contributed by atoms with van der Waals surface area (Å²) >= 11 is 0. The second-order valence-electron chi connectivity index (χ2n) is 5.91. The highest BCUT2D eigenvalue weighted by atomic mass is 19.4. The summed E-state index contributed by atoms with van der Waals surface area (Å²) in [7, 11) is 0. The third-order valence-corrected chi connectivity index (χ3v) is 3.89. The lowest BCUT2D eigenvalue weighted by atomic mass is 10.1. The molecule has 0 unspecified atom stereocenters. The van der Waals surface area contributed by atoms with Gasteiger partial charge in [-0.15, -0.1) is 13.2 Å². The van der Waals surface area contributed by atoms with Gasteiger partial charge >= 0.3 is 6.36 Å². The second kappa shape index (κ2) is 8.73. The number of benzene rings is 1. The van der Waals surface area contributed by atoms with Crippen LogP contribution in [0.4, 0.5) is 13.2 Å². The lowest BCUT2D eigenvalue weighted by Crippen LogP contribution is -2.38. The molecule has 5 nitrogen and oxygen atoms in total. The summed E-state index contributed by atoms with van der Waals surface area (Å²) in [5.74, 6) is -0.576. The van der Waals surface area contributed by atoms with Gasteiger partial charge in [-0.25, -0.2) is 0 Å². The average molecular weight is 358 g/mol. The molecule has 0 spiro atoms. The van der Waals surface area contributed by atoms with E-state index < -0.39 is 6.36 Å². The third kappa shape index (κ3) is 7.03. The van der Waals surface area contributed by atoms with Crippen LogP contribution in [0.5, 0.6) is 5.75 Å². The molecule has 1 saturated heterocycles. The molecule has 0 aliphatic carbocycles. The summed E-state index contributed by atoms with van der Waals surface area (Å²) in [6.07, 6.45) is -1.26. The van der Waals surface area contributed by atoms with E-state index in [4.69, 9.17) is 0 Å². The number of halogens is 3. The fourth-order valence-electron chi connectivity index (χ4n) is 2.67. The van der Waals surface area contributed by atoms with Crippen LogP contribution in [0, 0.1) is 0 Å². The molecule has 1 fully saturated rings. The highest BCUT2D eigenvalue weighted by molar-refractivity contribution is 5.80. The first kappa shape index (κ1) is 19.1. The number of nitrogens with one attached hydrogen (secondary N) is 1. The Hall–Kier alpha value is -2.25. The normalized spacial score (nSPS) is 14.9. The molecule has 8 heteroatoms. The predicted octanol–water partition coefficient (Wildman–Crippen LogP) is 2.65. The summed E-state index contributed by atoms with van der Waals surface area (Å²) in [5, 5.41) is 2.66. The zero-order valence-electron chi connectivity index (χ0n) is 13.8. The van der Waals surface area contributed by atoms with Gasteiger partial charge < -0.3 is 15.0 Å². The third-order valence-electron chi connectivity index (χ3n) is 3.89. The SMILES string of the molecule is O=C(Cc1ccc(OC(F)(F)F)cc1)NCCC(=O)N1CCCCC1. The fraction of sp³-hybridized carbons (Fsp3) is 0.529. The molecule has 1 aliphatic rings. The molecule has 1 heterocycles. The zero-order valence-corrected chi connectivity index (χ0v) is 13.8. The predicted molar refractivity (Wildman–Crippen MR) is 84.9 cm³/mol. The topological polar surface area (TPSA) is 58.6 Å². The average Bonchev–Trinajstić information content (AvgIpc) is 2.56. The molecule has 1 aliphatic heterocycles. The van der Waals surface area contributed by atoms with Crippen molar-refractivity contribution in [3.63, 3.8) is 0 Å². The first-order valence-corrected chi connectivity index (χ1v) is 8.23. The molecular formula is C17H21F3N2O3. The van der Waals surface area contributed by atoms with Crippen LogP contribution in [0.1, 0.15) is 31.2 Å². The van der Waals surface area contributed by atoms with Crippen LogP contribution < -0.4 is 10.1 Å². The molecule has 1 aromatic rings. The lowest BCUT2D eigenvalue weighted by molar-refractivity contribution is -0.274. The monoisotopic (exact) mass is 358 g/mol. The smallest absolute Gasteiger partial charge is 0.406 e. The van der Waals surface area contributed by atoms with Crippen molar-refractivity contribution in [2.24, 2.45) is 0 Å². The number of alkyl halides is 3. The molecule has 0 atom stereocenters. The molecule has 2 rings (SSSR count). The quantitative estimate of drug-likeness (QED) is 0.851. The van der Waals surface area contributed by atoms with Crippen molar-refractivity contribution in [2.45, 2.75) is 38.5 Å². The number of piperidine rings is 1. The van der Waals surface area contributed by atoms with Crippen LogP contribution in [0.25, 0.3) is 0 Å². The summed E-state index contributed by atoms with van der Waals surface area (Å²) < 4.78 is 40.0. The Morgan fingerprint density at radius 2 is 1.72 bits per heavy atom. The number of carbonyl (C=O) groups is 2. The van der Waals surface area contributed by atoms with E-state index in [1.807, 2.05) is 4.90 Å². The highest BCUT2D eigenvalue weighted by Crippen LogP contribution is 2.22. The summed E-state index contributed by atoms with van der Waals surface area (Å²) in [5.41, 5.74) is 0.564. The van der Waals surface area contributed by atoms with E-state index in [1.165, 1.54) is 12.1 Å². The molecule has 1 aromatic carbocycles. The van der Waals surface area contributed by atoms with Gasteiger partial charge in [-0.3, -0.25) is 9.59 Å². The van der Waals surface area contributed by atoms with Crippen molar-refractivity contribution < 1.29 is 27.5 Å². The maximum Gasteiger partial charge on any atom is 0.573 e. The minimum atomic E-state index is -4.74. The Morgan fingerprint density at radius 3 is 2.32 bits per heavy atom. The van der Waals surface area contributed by atoms with Crippen LogP contribution in [0.15, 0.2) is 24.3 Å². The molecule has 0 radical (unpaired) electrons. The van der Waals surface area contributed by atoms with Crippen molar-refractivity contribution in [1.29, 1.82) is 0 Å². The minimum Gasteiger partial charge on any atom is -0.406 e. The van der Waals surface area contributed by atoms with Crippen molar-refractivity contribution >= 4 is 11.8 Å². The van der Waals surface area contributed by atoms with Crippen molar-refractivity contribution in [3.05, 3.63) is 29.8 Å². The van der Waals surface area contributed by atoms with E-state index in [1.54, 1.807) is 0 Å². The Morgan fingerprint density at radius 1 is 1.08 bits per heavy atom. The molecule has 0 saturated carbocycles. The van der Waals surface area contributed by atoms with Crippen LogP contribution in [-0.4, -0.2) is 42.7 Å². The number of likely N-dealkylation sites (tertiary alicyclic amines) is 1. The molecule has 138 valence electrons. The Kier molecular flexibility index (Phi) is 6.66. The zero-order chi connectivity index (χ0) is 18.3. The van der Waals surface area contributed by atoms with E-state index in [-0.39, 0.29) is 37.0 Å². The summed E-state index contributed by atoms with van der Waals surface area (Å²) in [4.78, 5) is 25.6. The van der Waals surface area contributed by atoms with Gasteiger partial charge in [-0.05, 0) is 37.0 Å². The number of hydrogen-bond donors (Lipinski definition) is 1. The van der Waals surface area contributed by atoms with Crippen molar-refractivity contribution in [3.8, 4) is 5.75 Å². The number of carbonyl (C=O) groups excluding carboxylic acids is 2. The van der Waals surface area contributed by atoms with Crippen molar-refractivity contribution in [1.82, 2.24) is 10.2 Å². The standard InChI is InChI=1S/C17H21F3N2O3/c18-17(19,20)25-14-6-4-13(5-7-14)12-15(23)21-9-8-16(24)22-10-2-1-3-11-22/h4-7H,1-3,8-12H2,(H,21,23). The first-order chi connectivity index (χ1) is 11.8. The summed E-state index contributed by atoms with van der Waals surface area (Å²) in [6.45, 7) is 1.81. The number of rotatable bonds is 6. The van der Waals surface area contributed by atoms with Gasteiger partial charge in [-0.1, -0.05) is 12.1 Å². The van der Waals surface area contributed by atoms with E-state index in [9.17, 15) is 22.8 Å². The Balaban J connectivity index is 1.70. The fourth-order valence-corrected chi connectivity index (χ4v) is 2.67. The van der Waals surface area contributed by atoms with Gasteiger partial charge in [0.05, 0.1) is 6.42 Å². The molecule has 25 heavy (non-hydrogen) atoms. The van der Waals surface area contributed by atoms with Crippen molar-refractivity contribution in [2.75, 3.05) is 19.6 Å². The minimum absolute atomic E-state index is 0.0319. The first-order valence-electron chi connectivity index (χ1n) is 8.23. The van der Waals surface area contributed by atoms with Gasteiger partial charge in [-0.2, -0.15) is 0 Å². The van der Waals surface area contributed by atoms with Crippen LogP contribution in [0.2, 0.25) is 0 Å². The van der Waals surface area contributed by atoms with Crippen LogP contribution in [0.3, 0.4) is 0 Å². The van der Waals surface area contributed by atoms with E-state index >= 15 is 0 Å². The van der Waals surface area contributed by atoms with Gasteiger partial charge in [0.15, 0.2) is 0 Å². The van der Waals surface area contributed by atoms with Gasteiger partial charge in [0.1, 0.15) is 5.75 Å². The van der Waals surface area contributed by atoms with Gasteiger partial charge in [0.2, 0.25) is 11.8 Å². The maximum absolute atomic E-state index is 12.1. The molecule has 1 N–H and O–H groups in total. The van der Waals surface area contributed by atoms with E-state index in [0.29, 0.717) is 5.56 Å². The van der Waals surface area contributed by atoms with Crippen LogP contribution >= 0.6 is 0 Å². The van der Waals surface area contributed by atoms with Gasteiger partial charge in [0.25, 0.3) is 0 Å². The highest BCUT2D eigenvalue weighted by Gasteiger charge is 2.30. The number of hydrogen-bond acceptors (Lipinski definition) is 3. The van der Waals surface area contributed by atoms with Gasteiger partial charge in [0, 0.05) is 26.1 Å².